The number of carbonyl (C=O) groups excluding carboxylic acids is 1. The minimum Gasteiger partial charge on any atom is -0.321 e. The molecule has 1 N–H and O–H groups in total. The van der Waals surface area contributed by atoms with Crippen LogP contribution in [0.3, 0.4) is 0 Å². The maximum atomic E-state index is 12.7. The summed E-state index contributed by atoms with van der Waals surface area (Å²) in [7, 11) is 0. The first-order valence-corrected chi connectivity index (χ1v) is 8.10. The van der Waals surface area contributed by atoms with Gasteiger partial charge in [-0.2, -0.15) is 0 Å². The maximum absolute atomic E-state index is 12.7. The molecule has 0 aliphatic carbocycles. The van der Waals surface area contributed by atoms with Crippen LogP contribution in [0.25, 0.3) is 0 Å². The fourth-order valence-electron chi connectivity index (χ4n) is 2.83. The number of amides is 1. The van der Waals surface area contributed by atoms with E-state index in [1.54, 1.807) is 0 Å². The Morgan fingerprint density at radius 3 is 2.43 bits per heavy atom. The van der Waals surface area contributed by atoms with Crippen LogP contribution < -0.4 is 5.32 Å². The molecule has 1 heterocycles. The van der Waals surface area contributed by atoms with Crippen molar-refractivity contribution in [2.75, 3.05) is 6.54 Å². The van der Waals surface area contributed by atoms with E-state index in [2.05, 4.69) is 45.1 Å². The summed E-state index contributed by atoms with van der Waals surface area (Å²) in [6.45, 7) is 9.58. The highest BCUT2D eigenvalue weighted by Gasteiger charge is 2.40. The number of nitrogens with zero attached hydrogens (tertiary/aromatic N) is 1. The minimum absolute atomic E-state index is 0.0149. The average Bonchev–Trinajstić information content (AvgIpc) is 2.78. The van der Waals surface area contributed by atoms with Gasteiger partial charge in [0.25, 0.3) is 0 Å². The highest BCUT2D eigenvalue weighted by Crippen LogP contribution is 2.31. The van der Waals surface area contributed by atoms with E-state index >= 15 is 0 Å². The number of hydrogen-bond acceptors (Lipinski definition) is 2. The monoisotopic (exact) mass is 288 g/mol. The third-order valence-corrected chi connectivity index (χ3v) is 4.50. The largest absolute Gasteiger partial charge is 0.321 e. The smallest absolute Gasteiger partial charge is 0.241 e. The van der Waals surface area contributed by atoms with Crippen LogP contribution in [0.15, 0.2) is 30.3 Å². The van der Waals surface area contributed by atoms with Crippen molar-refractivity contribution in [2.45, 2.75) is 59.2 Å². The van der Waals surface area contributed by atoms with Crippen LogP contribution in [-0.4, -0.2) is 23.4 Å². The fraction of sp³-hybridized carbons (Fsp3) is 0.611. The van der Waals surface area contributed by atoms with Gasteiger partial charge in [-0.1, -0.05) is 64.4 Å². The third-order valence-electron chi connectivity index (χ3n) is 4.50. The lowest BCUT2D eigenvalue weighted by Crippen LogP contribution is -2.38. The first-order valence-electron chi connectivity index (χ1n) is 8.10. The number of carbonyl (C=O) groups is 1. The Hall–Kier alpha value is -1.35. The lowest BCUT2D eigenvalue weighted by atomic mass is 9.89. The topological polar surface area (TPSA) is 32.3 Å². The van der Waals surface area contributed by atoms with Gasteiger partial charge in [0.2, 0.25) is 5.91 Å². The third kappa shape index (κ3) is 3.65. The quantitative estimate of drug-likeness (QED) is 0.865. The van der Waals surface area contributed by atoms with Crippen LogP contribution in [0, 0.1) is 5.41 Å². The molecule has 1 fully saturated rings. The van der Waals surface area contributed by atoms with E-state index in [0.717, 1.165) is 25.8 Å². The van der Waals surface area contributed by atoms with Gasteiger partial charge < -0.3 is 4.90 Å². The Morgan fingerprint density at radius 2 is 1.86 bits per heavy atom. The number of nitrogens with one attached hydrogen (secondary N) is 1. The summed E-state index contributed by atoms with van der Waals surface area (Å²) in [5, 5.41) is 3.53. The van der Waals surface area contributed by atoms with Crippen molar-refractivity contribution in [3.63, 3.8) is 0 Å². The number of benzene rings is 1. The molecule has 1 aliphatic rings. The molecule has 1 aromatic carbocycles. The van der Waals surface area contributed by atoms with Crippen molar-refractivity contribution in [3.8, 4) is 0 Å². The van der Waals surface area contributed by atoms with Gasteiger partial charge in [0.1, 0.15) is 6.17 Å². The van der Waals surface area contributed by atoms with Crippen molar-refractivity contribution >= 4 is 5.91 Å². The Labute approximate surface area is 128 Å². The highest BCUT2D eigenvalue weighted by molar-refractivity contribution is 5.84. The SMILES string of the molecule is CCCC1NC(c2ccccc2)N(CC(C)(C)CC)C1=O. The second-order valence-electron chi connectivity index (χ2n) is 6.81. The highest BCUT2D eigenvalue weighted by atomic mass is 16.2. The van der Waals surface area contributed by atoms with Crippen LogP contribution in [0.1, 0.15) is 58.7 Å². The predicted octanol–water partition coefficient (Wildman–Crippen LogP) is 3.72. The summed E-state index contributed by atoms with van der Waals surface area (Å²) in [5.74, 6) is 0.257. The van der Waals surface area contributed by atoms with E-state index in [1.165, 1.54) is 5.56 Å². The molecule has 3 nitrogen and oxygen atoms in total. The Bertz CT molecular complexity index is 469. The first kappa shape index (κ1) is 16.0. The fourth-order valence-corrected chi connectivity index (χ4v) is 2.83. The summed E-state index contributed by atoms with van der Waals surface area (Å²) < 4.78 is 0. The standard InChI is InChI=1S/C18H28N2O/c1-5-10-15-17(21)20(13-18(3,4)6-2)16(19-15)14-11-8-7-9-12-14/h7-9,11-12,15-16,19H,5-6,10,13H2,1-4H3. The van der Waals surface area contributed by atoms with Crippen molar-refractivity contribution in [3.05, 3.63) is 35.9 Å². The second-order valence-corrected chi connectivity index (χ2v) is 6.81. The van der Waals surface area contributed by atoms with Crippen LogP contribution in [0.2, 0.25) is 0 Å². The Kier molecular flexibility index (Phi) is 5.04. The van der Waals surface area contributed by atoms with Crippen LogP contribution in [0.5, 0.6) is 0 Å². The molecule has 3 heteroatoms. The summed E-state index contributed by atoms with van der Waals surface area (Å²) in [6, 6.07) is 10.3. The van der Waals surface area contributed by atoms with E-state index in [1.807, 2.05) is 23.1 Å². The van der Waals surface area contributed by atoms with E-state index in [-0.39, 0.29) is 23.5 Å². The van der Waals surface area contributed by atoms with Gasteiger partial charge in [0.05, 0.1) is 6.04 Å². The predicted molar refractivity (Wildman–Crippen MR) is 86.8 cm³/mol. The molecule has 1 amide bonds. The molecule has 2 atom stereocenters. The van der Waals surface area contributed by atoms with Gasteiger partial charge >= 0.3 is 0 Å². The first-order chi connectivity index (χ1) is 9.98. The van der Waals surface area contributed by atoms with Crippen LogP contribution >= 0.6 is 0 Å². The summed E-state index contributed by atoms with van der Waals surface area (Å²) in [5.41, 5.74) is 1.32. The number of hydrogen-bond donors (Lipinski definition) is 1. The van der Waals surface area contributed by atoms with E-state index in [9.17, 15) is 4.79 Å². The van der Waals surface area contributed by atoms with Crippen molar-refractivity contribution in [1.29, 1.82) is 0 Å². The molecule has 2 unspecified atom stereocenters. The normalized spacial score (nSPS) is 22.9. The van der Waals surface area contributed by atoms with Gasteiger partial charge in [0.15, 0.2) is 0 Å². The maximum Gasteiger partial charge on any atom is 0.241 e. The van der Waals surface area contributed by atoms with E-state index in [0.29, 0.717) is 0 Å². The lowest BCUT2D eigenvalue weighted by Gasteiger charge is -2.33. The molecule has 116 valence electrons. The van der Waals surface area contributed by atoms with Gasteiger partial charge in [0, 0.05) is 6.54 Å². The Balaban J connectivity index is 2.25. The van der Waals surface area contributed by atoms with Crippen molar-refractivity contribution < 1.29 is 4.79 Å². The van der Waals surface area contributed by atoms with Gasteiger partial charge in [-0.25, -0.2) is 0 Å². The molecule has 0 saturated carbocycles. The zero-order chi connectivity index (χ0) is 15.5. The van der Waals surface area contributed by atoms with Crippen molar-refractivity contribution in [2.24, 2.45) is 5.41 Å². The average molecular weight is 288 g/mol. The lowest BCUT2D eigenvalue weighted by molar-refractivity contribution is -0.131. The summed E-state index contributed by atoms with van der Waals surface area (Å²) in [4.78, 5) is 14.8. The molecule has 0 aromatic heterocycles. The molecule has 0 spiro atoms. The van der Waals surface area contributed by atoms with Crippen molar-refractivity contribution in [1.82, 2.24) is 10.2 Å². The van der Waals surface area contributed by atoms with Gasteiger partial charge in [-0.05, 0) is 23.8 Å². The molecule has 21 heavy (non-hydrogen) atoms. The molecule has 0 radical (unpaired) electrons. The second kappa shape index (κ2) is 6.61. The Morgan fingerprint density at radius 1 is 1.19 bits per heavy atom. The molecular formula is C18H28N2O. The number of rotatable bonds is 6. The minimum atomic E-state index is -0.0344. The van der Waals surface area contributed by atoms with E-state index in [4.69, 9.17) is 0 Å². The zero-order valence-electron chi connectivity index (χ0n) is 13.7. The van der Waals surface area contributed by atoms with Gasteiger partial charge in [-0.3, -0.25) is 10.1 Å². The summed E-state index contributed by atoms with van der Waals surface area (Å²) in [6.07, 6.45) is 3.01. The summed E-state index contributed by atoms with van der Waals surface area (Å²) >= 11 is 0. The molecule has 0 bridgehead atoms. The molecule has 1 aliphatic heterocycles. The molecular weight excluding hydrogens is 260 g/mol. The molecule has 1 aromatic rings. The molecule has 2 rings (SSSR count). The van der Waals surface area contributed by atoms with E-state index < -0.39 is 0 Å². The van der Waals surface area contributed by atoms with Crippen LogP contribution in [0.4, 0.5) is 0 Å². The zero-order valence-corrected chi connectivity index (χ0v) is 13.7. The molecule has 1 saturated heterocycles. The van der Waals surface area contributed by atoms with Gasteiger partial charge in [-0.15, -0.1) is 0 Å². The van der Waals surface area contributed by atoms with Crippen LogP contribution in [-0.2, 0) is 4.79 Å².